The molecule has 4 rings (SSSR count). The van der Waals surface area contributed by atoms with Crippen molar-refractivity contribution >= 4 is 16.8 Å². The molecule has 2 aromatic carbocycles. The molecule has 0 aliphatic heterocycles. The van der Waals surface area contributed by atoms with Crippen LogP contribution in [0.5, 0.6) is 5.75 Å². The molecular formula is C23H20F2N4O3. The van der Waals surface area contributed by atoms with E-state index in [9.17, 15) is 18.4 Å². The second-order valence-corrected chi connectivity index (χ2v) is 7.12. The third kappa shape index (κ3) is 4.51. The van der Waals surface area contributed by atoms with Gasteiger partial charge in [-0.25, -0.2) is 13.5 Å². The fourth-order valence-electron chi connectivity index (χ4n) is 3.46. The smallest absolute Gasteiger partial charge is 0.267 e. The SMILES string of the molecule is COc1cc(F)ccc1-c1ccc(=O)n(CC(=O)NCCn2ccc3cc(F)ccc32)n1. The summed E-state index contributed by atoms with van der Waals surface area (Å²) in [6.45, 7) is 0.532. The van der Waals surface area contributed by atoms with Crippen LogP contribution in [0, 0.1) is 11.6 Å². The molecule has 0 spiro atoms. The Labute approximate surface area is 181 Å². The van der Waals surface area contributed by atoms with Crippen LogP contribution in [-0.2, 0) is 17.9 Å². The molecule has 1 amide bonds. The van der Waals surface area contributed by atoms with E-state index < -0.39 is 11.4 Å². The Morgan fingerprint density at radius 3 is 2.66 bits per heavy atom. The molecule has 7 nitrogen and oxygen atoms in total. The van der Waals surface area contributed by atoms with E-state index in [4.69, 9.17) is 4.74 Å². The molecule has 0 aliphatic rings. The first kappa shape index (κ1) is 21.2. The molecule has 164 valence electrons. The van der Waals surface area contributed by atoms with Gasteiger partial charge < -0.3 is 14.6 Å². The maximum absolute atomic E-state index is 13.5. The minimum Gasteiger partial charge on any atom is -0.496 e. The van der Waals surface area contributed by atoms with Crippen LogP contribution >= 0.6 is 0 Å². The van der Waals surface area contributed by atoms with Gasteiger partial charge in [0, 0.05) is 47.9 Å². The van der Waals surface area contributed by atoms with Gasteiger partial charge in [0.25, 0.3) is 5.56 Å². The summed E-state index contributed by atoms with van der Waals surface area (Å²) in [5.41, 5.74) is 1.29. The van der Waals surface area contributed by atoms with Crippen molar-refractivity contribution in [2.75, 3.05) is 13.7 Å². The van der Waals surface area contributed by atoms with Crippen molar-refractivity contribution in [1.29, 1.82) is 0 Å². The second kappa shape index (κ2) is 9.01. The molecule has 4 aromatic rings. The molecule has 9 heteroatoms. The van der Waals surface area contributed by atoms with E-state index in [0.29, 0.717) is 24.3 Å². The Bertz CT molecular complexity index is 1350. The highest BCUT2D eigenvalue weighted by atomic mass is 19.1. The number of fused-ring (bicyclic) bond motifs is 1. The van der Waals surface area contributed by atoms with E-state index in [2.05, 4.69) is 10.4 Å². The Morgan fingerprint density at radius 1 is 1.06 bits per heavy atom. The van der Waals surface area contributed by atoms with Crippen LogP contribution in [0.1, 0.15) is 0 Å². The average molecular weight is 438 g/mol. The fraction of sp³-hybridized carbons (Fsp3) is 0.174. The van der Waals surface area contributed by atoms with Crippen molar-refractivity contribution in [2.24, 2.45) is 0 Å². The predicted molar refractivity (Wildman–Crippen MR) is 115 cm³/mol. The van der Waals surface area contributed by atoms with Gasteiger partial charge in [-0.1, -0.05) is 0 Å². The number of rotatable bonds is 7. The molecule has 0 unspecified atom stereocenters. The van der Waals surface area contributed by atoms with Crippen LogP contribution in [-0.4, -0.2) is 33.9 Å². The van der Waals surface area contributed by atoms with E-state index in [1.54, 1.807) is 12.1 Å². The van der Waals surface area contributed by atoms with Crippen LogP contribution in [0.2, 0.25) is 0 Å². The number of carbonyl (C=O) groups excluding carboxylic acids is 1. The molecule has 0 saturated heterocycles. The third-order valence-electron chi connectivity index (χ3n) is 5.01. The number of amides is 1. The minimum atomic E-state index is -0.459. The number of halogens is 2. The normalized spacial score (nSPS) is 11.0. The van der Waals surface area contributed by atoms with Crippen LogP contribution in [0.25, 0.3) is 22.2 Å². The van der Waals surface area contributed by atoms with E-state index in [-0.39, 0.29) is 24.0 Å². The number of ether oxygens (including phenoxy) is 1. The summed E-state index contributed by atoms with van der Waals surface area (Å²) in [4.78, 5) is 24.5. The van der Waals surface area contributed by atoms with Crippen LogP contribution < -0.4 is 15.6 Å². The van der Waals surface area contributed by atoms with E-state index in [0.717, 1.165) is 15.6 Å². The van der Waals surface area contributed by atoms with Gasteiger partial charge in [-0.15, -0.1) is 0 Å². The lowest BCUT2D eigenvalue weighted by Crippen LogP contribution is -2.35. The number of aromatic nitrogens is 3. The highest BCUT2D eigenvalue weighted by Gasteiger charge is 2.12. The third-order valence-corrected chi connectivity index (χ3v) is 5.01. The predicted octanol–water partition coefficient (Wildman–Crippen LogP) is 2.97. The van der Waals surface area contributed by atoms with Gasteiger partial charge in [-0.05, 0) is 42.5 Å². The molecule has 2 aromatic heterocycles. The highest BCUT2D eigenvalue weighted by Crippen LogP contribution is 2.28. The standard InChI is InChI=1S/C23H20F2N4O3/c1-32-21-13-17(25)2-4-18(21)19-5-7-23(31)29(27-19)14-22(30)26-9-11-28-10-8-15-12-16(24)3-6-20(15)28/h2-8,10,12-13H,9,11,14H2,1H3,(H,26,30). The number of nitrogens with zero attached hydrogens (tertiary/aromatic N) is 3. The van der Waals surface area contributed by atoms with Crippen molar-refractivity contribution in [3.05, 3.63) is 82.8 Å². The lowest BCUT2D eigenvalue weighted by Gasteiger charge is -2.11. The van der Waals surface area contributed by atoms with Crippen LogP contribution in [0.15, 0.2) is 65.6 Å². The maximum Gasteiger partial charge on any atom is 0.267 e. The van der Waals surface area contributed by atoms with Crippen molar-refractivity contribution in [2.45, 2.75) is 13.1 Å². The molecule has 2 heterocycles. The molecule has 0 atom stereocenters. The Morgan fingerprint density at radius 2 is 1.84 bits per heavy atom. The molecule has 0 saturated carbocycles. The number of carbonyl (C=O) groups is 1. The summed E-state index contributed by atoms with van der Waals surface area (Å²) in [5.74, 6) is -0.878. The first-order valence-corrected chi connectivity index (χ1v) is 9.88. The molecule has 1 N–H and O–H groups in total. The Hall–Kier alpha value is -4.01. The maximum atomic E-state index is 13.5. The number of benzene rings is 2. The lowest BCUT2D eigenvalue weighted by molar-refractivity contribution is -0.121. The summed E-state index contributed by atoms with van der Waals surface area (Å²) in [6.07, 6.45) is 1.82. The molecular weight excluding hydrogens is 418 g/mol. The first-order chi connectivity index (χ1) is 15.4. The average Bonchev–Trinajstić information content (AvgIpc) is 3.17. The van der Waals surface area contributed by atoms with Gasteiger partial charge in [0.15, 0.2) is 0 Å². The summed E-state index contributed by atoms with van der Waals surface area (Å²) in [6, 6.07) is 13.1. The largest absolute Gasteiger partial charge is 0.496 e. The van der Waals surface area contributed by atoms with Crippen LogP contribution in [0.4, 0.5) is 8.78 Å². The quantitative estimate of drug-likeness (QED) is 0.481. The molecule has 0 aliphatic carbocycles. The second-order valence-electron chi connectivity index (χ2n) is 7.12. The molecule has 0 bridgehead atoms. The highest BCUT2D eigenvalue weighted by molar-refractivity contribution is 5.80. The van der Waals surface area contributed by atoms with Gasteiger partial charge in [0.2, 0.25) is 5.91 Å². The zero-order chi connectivity index (χ0) is 22.7. The summed E-state index contributed by atoms with van der Waals surface area (Å²) in [5, 5.41) is 7.76. The minimum absolute atomic E-state index is 0.269. The molecule has 0 radical (unpaired) electrons. The Kier molecular flexibility index (Phi) is 5.98. The van der Waals surface area contributed by atoms with Crippen molar-refractivity contribution in [1.82, 2.24) is 19.7 Å². The van der Waals surface area contributed by atoms with Gasteiger partial charge in [0.1, 0.15) is 23.9 Å². The number of hydrogen-bond donors (Lipinski definition) is 1. The summed E-state index contributed by atoms with van der Waals surface area (Å²) < 4.78 is 34.9. The van der Waals surface area contributed by atoms with Gasteiger partial charge in [-0.3, -0.25) is 9.59 Å². The van der Waals surface area contributed by atoms with Gasteiger partial charge >= 0.3 is 0 Å². The zero-order valence-electron chi connectivity index (χ0n) is 17.2. The monoisotopic (exact) mass is 438 g/mol. The van der Waals surface area contributed by atoms with Gasteiger partial charge in [-0.2, -0.15) is 5.10 Å². The topological polar surface area (TPSA) is 78.1 Å². The number of hydrogen-bond acceptors (Lipinski definition) is 4. The van der Waals surface area contributed by atoms with Gasteiger partial charge in [0.05, 0.1) is 12.8 Å². The summed E-state index contributed by atoms with van der Waals surface area (Å²) >= 11 is 0. The number of nitrogens with one attached hydrogen (secondary N) is 1. The molecule has 32 heavy (non-hydrogen) atoms. The van der Waals surface area contributed by atoms with E-state index >= 15 is 0 Å². The van der Waals surface area contributed by atoms with E-state index in [1.807, 2.05) is 10.8 Å². The summed E-state index contributed by atoms with van der Waals surface area (Å²) in [7, 11) is 1.41. The van der Waals surface area contributed by atoms with E-state index in [1.165, 1.54) is 49.6 Å². The van der Waals surface area contributed by atoms with Crippen molar-refractivity contribution in [3.8, 4) is 17.0 Å². The Balaban J connectivity index is 1.43. The van der Waals surface area contributed by atoms with Crippen molar-refractivity contribution in [3.63, 3.8) is 0 Å². The number of methoxy groups -OCH3 is 1. The molecule has 0 fully saturated rings. The van der Waals surface area contributed by atoms with Crippen molar-refractivity contribution < 1.29 is 18.3 Å². The first-order valence-electron chi connectivity index (χ1n) is 9.88. The fourth-order valence-corrected chi connectivity index (χ4v) is 3.46. The lowest BCUT2D eigenvalue weighted by atomic mass is 10.1. The van der Waals surface area contributed by atoms with Crippen LogP contribution in [0.3, 0.4) is 0 Å². The zero-order valence-corrected chi connectivity index (χ0v) is 17.2.